The smallest absolute Gasteiger partial charge is 0.135 e. The molecule has 206 valence electrons. The molecule has 4 nitrogen and oxygen atoms in total. The topological polar surface area (TPSA) is 56.0 Å². The summed E-state index contributed by atoms with van der Waals surface area (Å²) in [5.41, 5.74) is 11.5. The van der Waals surface area contributed by atoms with Crippen LogP contribution < -0.4 is 0 Å². The second-order valence-electron chi connectivity index (χ2n) is 11.3. The largest absolute Gasteiger partial charge is 0.687 e. The Morgan fingerprint density at radius 3 is 2.41 bits per heavy atom. The number of furan rings is 1. The van der Waals surface area contributed by atoms with Crippen molar-refractivity contribution in [1.82, 2.24) is 4.57 Å². The zero-order valence-electron chi connectivity index (χ0n) is 23.7. The van der Waals surface area contributed by atoms with Gasteiger partial charge in [0.2, 0.25) is 0 Å². The van der Waals surface area contributed by atoms with E-state index in [1.807, 2.05) is 30.5 Å². The van der Waals surface area contributed by atoms with E-state index in [1.165, 1.54) is 16.3 Å². The van der Waals surface area contributed by atoms with Gasteiger partial charge in [-0.15, -0.1) is 6.54 Å². The lowest BCUT2D eigenvalue weighted by Crippen LogP contribution is -2.00. The molecular weight excluding hydrogens is 538 g/mol. The molecule has 0 spiro atoms. The van der Waals surface area contributed by atoms with Gasteiger partial charge in [0, 0.05) is 27.5 Å². The van der Waals surface area contributed by atoms with Gasteiger partial charge in [-0.25, -0.2) is 0 Å². The standard InChI is InChI=1S/C40H24N3O/c41-23-25-12-14-37-34(18-25)36-24-42-17-16-38(36)43(37)30-20-29-6-1-2-9-31(29)33(22-30)28-8-5-7-26(19-28)27-13-15-40-35(21-27)32-10-3-4-11-39(32)44-40/h1-22H,24H2/q-1. The minimum Gasteiger partial charge on any atom is -0.687 e. The van der Waals surface area contributed by atoms with Crippen molar-refractivity contribution >= 4 is 49.7 Å². The van der Waals surface area contributed by atoms with Crippen molar-refractivity contribution in [3.63, 3.8) is 0 Å². The van der Waals surface area contributed by atoms with E-state index < -0.39 is 0 Å². The molecule has 0 bridgehead atoms. The van der Waals surface area contributed by atoms with Crippen LogP contribution in [0.4, 0.5) is 0 Å². The molecule has 6 aromatic carbocycles. The molecule has 0 amide bonds. The summed E-state index contributed by atoms with van der Waals surface area (Å²) in [7, 11) is 0. The summed E-state index contributed by atoms with van der Waals surface area (Å²) < 4.78 is 8.40. The Labute approximate surface area is 253 Å². The number of aromatic nitrogens is 1. The monoisotopic (exact) mass is 562 g/mol. The molecule has 3 heterocycles. The van der Waals surface area contributed by atoms with Crippen molar-refractivity contribution < 1.29 is 4.42 Å². The summed E-state index contributed by atoms with van der Waals surface area (Å²) in [5.74, 6) is 0. The number of hydrogen-bond donors (Lipinski definition) is 0. The first-order valence-electron chi connectivity index (χ1n) is 14.7. The van der Waals surface area contributed by atoms with Crippen molar-refractivity contribution in [2.75, 3.05) is 0 Å². The summed E-state index contributed by atoms with van der Waals surface area (Å²) in [6, 6.07) is 44.9. The van der Waals surface area contributed by atoms with Gasteiger partial charge in [-0.2, -0.15) is 11.5 Å². The van der Waals surface area contributed by atoms with Crippen LogP contribution in [0, 0.1) is 11.3 Å². The van der Waals surface area contributed by atoms with Gasteiger partial charge < -0.3 is 14.3 Å². The predicted octanol–water partition coefficient (Wildman–Crippen LogP) is 10.7. The number of fused-ring (bicyclic) bond motifs is 7. The Morgan fingerprint density at radius 2 is 1.48 bits per heavy atom. The molecule has 2 aromatic heterocycles. The highest BCUT2D eigenvalue weighted by Gasteiger charge is 2.18. The molecule has 1 aliphatic rings. The van der Waals surface area contributed by atoms with Crippen LogP contribution in [0.1, 0.15) is 16.8 Å². The van der Waals surface area contributed by atoms with Gasteiger partial charge >= 0.3 is 0 Å². The minimum atomic E-state index is 0.600. The fourth-order valence-electron chi connectivity index (χ4n) is 6.77. The van der Waals surface area contributed by atoms with Crippen LogP contribution >= 0.6 is 0 Å². The first kappa shape index (κ1) is 24.5. The lowest BCUT2D eigenvalue weighted by atomic mass is 9.94. The van der Waals surface area contributed by atoms with Crippen LogP contribution in [0.3, 0.4) is 0 Å². The average molecular weight is 563 g/mol. The number of benzene rings is 6. The third-order valence-electron chi connectivity index (χ3n) is 8.82. The molecule has 1 aliphatic heterocycles. The molecule has 4 heteroatoms. The average Bonchev–Trinajstić information content (AvgIpc) is 3.63. The van der Waals surface area contributed by atoms with E-state index in [-0.39, 0.29) is 0 Å². The predicted molar refractivity (Wildman–Crippen MR) is 180 cm³/mol. The number of para-hydroxylation sites is 1. The van der Waals surface area contributed by atoms with E-state index in [0.29, 0.717) is 12.1 Å². The first-order valence-corrected chi connectivity index (χ1v) is 14.7. The van der Waals surface area contributed by atoms with E-state index in [0.717, 1.165) is 66.5 Å². The van der Waals surface area contributed by atoms with Gasteiger partial charge in [-0.1, -0.05) is 72.8 Å². The van der Waals surface area contributed by atoms with E-state index >= 15 is 0 Å². The summed E-state index contributed by atoms with van der Waals surface area (Å²) in [4.78, 5) is 0. The van der Waals surface area contributed by atoms with Gasteiger partial charge in [0.1, 0.15) is 11.2 Å². The summed E-state index contributed by atoms with van der Waals surface area (Å²) in [5, 5.41) is 19.8. The maximum Gasteiger partial charge on any atom is 0.135 e. The molecule has 0 N–H and O–H groups in total. The third-order valence-corrected chi connectivity index (χ3v) is 8.82. The van der Waals surface area contributed by atoms with Crippen molar-refractivity contribution in [2.45, 2.75) is 6.54 Å². The third kappa shape index (κ3) is 3.70. The molecular formula is C40H24N3O-. The van der Waals surface area contributed by atoms with Gasteiger partial charge in [0.05, 0.1) is 17.1 Å². The highest BCUT2D eigenvalue weighted by molar-refractivity contribution is 6.06. The van der Waals surface area contributed by atoms with Crippen LogP contribution in [0.5, 0.6) is 0 Å². The van der Waals surface area contributed by atoms with Gasteiger partial charge in [-0.3, -0.25) is 0 Å². The van der Waals surface area contributed by atoms with Crippen molar-refractivity contribution in [3.05, 3.63) is 150 Å². The number of nitrogens with zero attached hydrogens (tertiary/aromatic N) is 3. The zero-order chi connectivity index (χ0) is 29.2. The summed E-state index contributed by atoms with van der Waals surface area (Å²) in [6.07, 6.45) is 3.96. The fourth-order valence-corrected chi connectivity index (χ4v) is 6.77. The van der Waals surface area contributed by atoms with Crippen LogP contribution in [0.25, 0.3) is 82.9 Å². The van der Waals surface area contributed by atoms with E-state index in [2.05, 4.69) is 119 Å². The van der Waals surface area contributed by atoms with E-state index in [9.17, 15) is 5.26 Å². The van der Waals surface area contributed by atoms with Gasteiger partial charge in [0.25, 0.3) is 0 Å². The Hall–Kier alpha value is -6.05. The molecule has 0 aliphatic carbocycles. The SMILES string of the molecule is N#Cc1ccc2c(c1)c1c(n2-c2cc(-c3cccc(-c4ccc5oc6ccccc6c5c4)c3)c3ccccc3c2)C=C[N-]C1. The minimum absolute atomic E-state index is 0.600. The summed E-state index contributed by atoms with van der Waals surface area (Å²) >= 11 is 0. The highest BCUT2D eigenvalue weighted by Crippen LogP contribution is 2.39. The Morgan fingerprint density at radius 1 is 0.659 bits per heavy atom. The van der Waals surface area contributed by atoms with Crippen LogP contribution in [-0.4, -0.2) is 4.57 Å². The summed E-state index contributed by atoms with van der Waals surface area (Å²) in [6.45, 7) is 0.600. The zero-order valence-corrected chi connectivity index (χ0v) is 23.7. The van der Waals surface area contributed by atoms with E-state index in [4.69, 9.17) is 4.42 Å². The molecule has 0 saturated heterocycles. The number of rotatable bonds is 3. The van der Waals surface area contributed by atoms with Crippen LogP contribution in [0.2, 0.25) is 0 Å². The lowest BCUT2D eigenvalue weighted by Gasteiger charge is -2.22. The Bertz CT molecular complexity index is 2520. The second kappa shape index (κ2) is 9.49. The Balaban J connectivity index is 1.25. The van der Waals surface area contributed by atoms with Crippen LogP contribution in [-0.2, 0) is 6.54 Å². The number of hydrogen-bond acceptors (Lipinski definition) is 2. The molecule has 0 fully saturated rings. The molecule has 0 unspecified atom stereocenters. The highest BCUT2D eigenvalue weighted by atomic mass is 16.3. The van der Waals surface area contributed by atoms with Crippen molar-refractivity contribution in [1.29, 1.82) is 5.26 Å². The molecule has 9 rings (SSSR count). The second-order valence-corrected chi connectivity index (χ2v) is 11.3. The molecule has 44 heavy (non-hydrogen) atoms. The molecule has 8 aromatic rings. The Kier molecular flexibility index (Phi) is 5.29. The lowest BCUT2D eigenvalue weighted by molar-refractivity contribution is 0.669. The first-order chi connectivity index (χ1) is 21.7. The van der Waals surface area contributed by atoms with Crippen molar-refractivity contribution in [3.8, 4) is 34.0 Å². The van der Waals surface area contributed by atoms with Gasteiger partial charge in [-0.05, 0) is 93.2 Å². The van der Waals surface area contributed by atoms with Crippen molar-refractivity contribution in [2.24, 2.45) is 0 Å². The fraction of sp³-hybridized carbons (Fsp3) is 0.0250. The molecule has 0 saturated carbocycles. The molecule has 0 radical (unpaired) electrons. The van der Waals surface area contributed by atoms with Crippen LogP contribution in [0.15, 0.2) is 132 Å². The molecule has 0 atom stereocenters. The normalized spacial score (nSPS) is 12.5. The quantitative estimate of drug-likeness (QED) is 0.215. The number of nitriles is 1. The maximum absolute atomic E-state index is 9.60. The van der Waals surface area contributed by atoms with Gasteiger partial charge in [0.15, 0.2) is 0 Å². The maximum atomic E-state index is 9.60. The van der Waals surface area contributed by atoms with E-state index in [1.54, 1.807) is 0 Å².